The van der Waals surface area contributed by atoms with Crippen LogP contribution in [-0.4, -0.2) is 18.3 Å². The second-order valence-electron chi connectivity index (χ2n) is 4.41. The van der Waals surface area contributed by atoms with Gasteiger partial charge in [-0.05, 0) is 36.5 Å². The van der Waals surface area contributed by atoms with Gasteiger partial charge in [-0.1, -0.05) is 23.7 Å². The lowest BCUT2D eigenvalue weighted by Crippen LogP contribution is -2.23. The van der Waals surface area contributed by atoms with Gasteiger partial charge in [0.25, 0.3) is 0 Å². The van der Waals surface area contributed by atoms with Crippen LogP contribution in [0.5, 0.6) is 0 Å². The minimum atomic E-state index is 0.00407. The molecule has 2 atom stereocenters. The number of aryl methyl sites for hydroxylation is 1. The molecule has 1 aliphatic carbocycles. The first kappa shape index (κ1) is 10.9. The molecule has 3 N–H and O–H groups in total. The second kappa shape index (κ2) is 3.78. The van der Waals surface area contributed by atoms with Crippen molar-refractivity contribution in [2.24, 2.45) is 11.7 Å². The number of aliphatic hydroxyl groups is 1. The number of benzene rings is 1. The first-order chi connectivity index (χ1) is 7.14. The summed E-state index contributed by atoms with van der Waals surface area (Å²) >= 11 is 5.98. The van der Waals surface area contributed by atoms with Gasteiger partial charge in [-0.2, -0.15) is 0 Å². The third kappa shape index (κ3) is 1.67. The van der Waals surface area contributed by atoms with Crippen molar-refractivity contribution in [3.8, 4) is 0 Å². The lowest BCUT2D eigenvalue weighted by Gasteiger charge is -2.16. The van der Waals surface area contributed by atoms with Crippen molar-refractivity contribution in [3.63, 3.8) is 0 Å². The summed E-state index contributed by atoms with van der Waals surface area (Å²) < 4.78 is 0. The number of rotatable bonds is 3. The normalized spacial score (nSPS) is 29.2. The number of nitrogens with two attached hydrogens (primary N) is 1. The van der Waals surface area contributed by atoms with Crippen molar-refractivity contribution in [3.05, 3.63) is 34.3 Å². The Morgan fingerprint density at radius 1 is 1.60 bits per heavy atom. The van der Waals surface area contributed by atoms with Gasteiger partial charge in [0.15, 0.2) is 0 Å². The van der Waals surface area contributed by atoms with Crippen LogP contribution in [0.25, 0.3) is 0 Å². The smallest absolute Gasteiger partial charge is 0.0468 e. The summed E-state index contributed by atoms with van der Waals surface area (Å²) in [5.41, 5.74) is 8.10. The molecule has 0 unspecified atom stereocenters. The molecule has 0 saturated heterocycles. The van der Waals surface area contributed by atoms with Gasteiger partial charge in [0.1, 0.15) is 0 Å². The highest BCUT2D eigenvalue weighted by molar-refractivity contribution is 6.31. The fourth-order valence-corrected chi connectivity index (χ4v) is 2.41. The van der Waals surface area contributed by atoms with Gasteiger partial charge in [0, 0.05) is 23.6 Å². The van der Waals surface area contributed by atoms with Crippen LogP contribution in [0.15, 0.2) is 18.2 Å². The summed E-state index contributed by atoms with van der Waals surface area (Å²) in [5, 5.41) is 9.96. The average molecular weight is 226 g/mol. The van der Waals surface area contributed by atoms with Gasteiger partial charge in [0.05, 0.1) is 0 Å². The summed E-state index contributed by atoms with van der Waals surface area (Å²) in [5.74, 6) is 0.322. The molecule has 15 heavy (non-hydrogen) atoms. The number of hydrogen-bond acceptors (Lipinski definition) is 2. The third-order valence-corrected chi connectivity index (χ3v) is 3.97. The van der Waals surface area contributed by atoms with Gasteiger partial charge in [-0.25, -0.2) is 0 Å². The van der Waals surface area contributed by atoms with Crippen LogP contribution in [0, 0.1) is 12.8 Å². The van der Waals surface area contributed by atoms with E-state index in [1.807, 2.05) is 19.1 Å². The molecule has 0 aliphatic heterocycles. The Hall–Kier alpha value is -0.570. The minimum absolute atomic E-state index is 0.00407. The van der Waals surface area contributed by atoms with E-state index in [9.17, 15) is 5.11 Å². The van der Waals surface area contributed by atoms with Crippen molar-refractivity contribution in [2.45, 2.75) is 18.8 Å². The molecule has 2 rings (SSSR count). The Kier molecular flexibility index (Phi) is 2.75. The summed E-state index contributed by atoms with van der Waals surface area (Å²) in [6.45, 7) is 2.81. The summed E-state index contributed by atoms with van der Waals surface area (Å²) in [7, 11) is 0. The van der Waals surface area contributed by atoms with E-state index < -0.39 is 0 Å². The van der Waals surface area contributed by atoms with Gasteiger partial charge in [0.2, 0.25) is 0 Å². The average Bonchev–Trinajstić information content (AvgIpc) is 2.97. The van der Waals surface area contributed by atoms with Crippen LogP contribution in [0.3, 0.4) is 0 Å². The molecule has 82 valence electrons. The van der Waals surface area contributed by atoms with Crippen molar-refractivity contribution in [1.82, 2.24) is 0 Å². The topological polar surface area (TPSA) is 46.2 Å². The zero-order chi connectivity index (χ0) is 11.1. The zero-order valence-electron chi connectivity index (χ0n) is 8.83. The molecule has 1 aliphatic rings. The van der Waals surface area contributed by atoms with E-state index in [1.165, 1.54) is 5.56 Å². The molecule has 1 aromatic carbocycles. The van der Waals surface area contributed by atoms with E-state index >= 15 is 0 Å². The van der Waals surface area contributed by atoms with Crippen molar-refractivity contribution in [1.29, 1.82) is 0 Å². The monoisotopic (exact) mass is 225 g/mol. The Morgan fingerprint density at radius 2 is 2.33 bits per heavy atom. The highest BCUT2D eigenvalue weighted by Crippen LogP contribution is 2.53. The SMILES string of the molecule is Cc1cc([C@]2(CN)C[C@@H]2CO)ccc1Cl. The van der Waals surface area contributed by atoms with Crippen LogP contribution in [-0.2, 0) is 5.41 Å². The molecule has 0 amide bonds. The summed E-state index contributed by atoms with van der Waals surface area (Å²) in [4.78, 5) is 0. The van der Waals surface area contributed by atoms with E-state index in [4.69, 9.17) is 17.3 Å². The molecule has 0 spiro atoms. The fourth-order valence-electron chi connectivity index (χ4n) is 2.30. The van der Waals surface area contributed by atoms with Gasteiger partial charge >= 0.3 is 0 Å². The lowest BCUT2D eigenvalue weighted by atomic mass is 9.92. The van der Waals surface area contributed by atoms with Crippen LogP contribution in [0.1, 0.15) is 17.5 Å². The first-order valence-electron chi connectivity index (χ1n) is 5.21. The molecule has 0 bridgehead atoms. The van der Waals surface area contributed by atoms with Crippen molar-refractivity contribution in [2.75, 3.05) is 13.2 Å². The van der Waals surface area contributed by atoms with Gasteiger partial charge < -0.3 is 10.8 Å². The minimum Gasteiger partial charge on any atom is -0.396 e. The van der Waals surface area contributed by atoms with E-state index in [0.717, 1.165) is 17.0 Å². The summed E-state index contributed by atoms with van der Waals surface area (Å²) in [6, 6.07) is 6.03. The molecular formula is C12H16ClNO. The molecule has 1 fully saturated rings. The largest absolute Gasteiger partial charge is 0.396 e. The molecule has 0 heterocycles. The van der Waals surface area contributed by atoms with E-state index in [1.54, 1.807) is 0 Å². The van der Waals surface area contributed by atoms with E-state index in [2.05, 4.69) is 6.07 Å². The molecule has 3 heteroatoms. The van der Waals surface area contributed by atoms with Gasteiger partial charge in [-0.3, -0.25) is 0 Å². The number of halogens is 1. The first-order valence-corrected chi connectivity index (χ1v) is 5.59. The van der Waals surface area contributed by atoms with E-state index in [-0.39, 0.29) is 12.0 Å². The molecule has 0 aromatic heterocycles. The second-order valence-corrected chi connectivity index (χ2v) is 4.82. The predicted octanol–water partition coefficient (Wildman–Crippen LogP) is 1.86. The van der Waals surface area contributed by atoms with Crippen LogP contribution >= 0.6 is 11.6 Å². The third-order valence-electron chi connectivity index (χ3n) is 3.55. The van der Waals surface area contributed by atoms with E-state index in [0.29, 0.717) is 12.5 Å². The zero-order valence-corrected chi connectivity index (χ0v) is 9.59. The fraction of sp³-hybridized carbons (Fsp3) is 0.500. The molecule has 1 saturated carbocycles. The van der Waals surface area contributed by atoms with Crippen molar-refractivity contribution < 1.29 is 5.11 Å². The maximum atomic E-state index is 9.18. The lowest BCUT2D eigenvalue weighted by molar-refractivity contribution is 0.264. The molecular weight excluding hydrogens is 210 g/mol. The van der Waals surface area contributed by atoms with Crippen LogP contribution in [0.2, 0.25) is 5.02 Å². The number of hydrogen-bond donors (Lipinski definition) is 2. The summed E-state index contributed by atoms with van der Waals surface area (Å²) in [6.07, 6.45) is 0.987. The van der Waals surface area contributed by atoms with Crippen molar-refractivity contribution >= 4 is 11.6 Å². The number of aliphatic hydroxyl groups excluding tert-OH is 1. The highest BCUT2D eigenvalue weighted by atomic mass is 35.5. The maximum absolute atomic E-state index is 9.18. The quantitative estimate of drug-likeness (QED) is 0.825. The van der Waals surface area contributed by atoms with Crippen LogP contribution in [0.4, 0.5) is 0 Å². The molecule has 2 nitrogen and oxygen atoms in total. The van der Waals surface area contributed by atoms with Crippen LogP contribution < -0.4 is 5.73 Å². The highest BCUT2D eigenvalue weighted by Gasteiger charge is 2.53. The Bertz CT molecular complexity index is 380. The Labute approximate surface area is 95.1 Å². The Morgan fingerprint density at radius 3 is 2.80 bits per heavy atom. The van der Waals surface area contributed by atoms with Gasteiger partial charge in [-0.15, -0.1) is 0 Å². The standard InChI is InChI=1S/C12H16ClNO/c1-8-4-9(2-3-11(8)13)12(7-14)5-10(12)6-15/h2-4,10,15H,5-7,14H2,1H3/t10-,12-/m1/s1. The molecule has 1 aromatic rings. The maximum Gasteiger partial charge on any atom is 0.0468 e. The predicted molar refractivity (Wildman–Crippen MR) is 62.1 cm³/mol. The molecule has 0 radical (unpaired) electrons. The Balaban J connectivity index is 2.33.